The van der Waals surface area contributed by atoms with Crippen molar-refractivity contribution in [1.82, 2.24) is 14.9 Å². The van der Waals surface area contributed by atoms with Crippen LogP contribution in [0.1, 0.15) is 5.56 Å². The number of aromatic nitrogens is 2. The van der Waals surface area contributed by atoms with Crippen LogP contribution in [0.15, 0.2) is 58.5 Å². The smallest absolute Gasteiger partial charge is 0.229 e. The minimum absolute atomic E-state index is 0.139. The first-order valence-corrected chi connectivity index (χ1v) is 14.0. The molecule has 184 valence electrons. The molecule has 0 spiro atoms. The summed E-state index contributed by atoms with van der Waals surface area (Å²) in [4.78, 5) is 13.6. The molecular weight excluding hydrogens is 552 g/mol. The van der Waals surface area contributed by atoms with E-state index >= 15 is 0 Å². The van der Waals surface area contributed by atoms with Crippen LogP contribution in [-0.2, 0) is 9.84 Å². The fraction of sp³-hybridized carbons (Fsp3) is 0.250. The van der Waals surface area contributed by atoms with Gasteiger partial charge in [-0.1, -0.05) is 40.2 Å². The number of halogens is 2. The molecule has 11 heteroatoms. The Kier molecular flexibility index (Phi) is 7.65. The second-order valence-electron chi connectivity index (χ2n) is 8.32. The number of hydrogen-bond acceptors (Lipinski definition) is 8. The van der Waals surface area contributed by atoms with Crippen LogP contribution in [0.4, 0.5) is 28.8 Å². The SMILES string of the molecule is C=Cc1cc(Nc2ncc(Cl)c(Nc3cc(Br)ccc3S(C)(=O)=O)n2)ccc1N1CCN(C)CC1. The molecule has 1 fully saturated rings. The molecule has 3 aromatic rings. The highest BCUT2D eigenvalue weighted by atomic mass is 79.9. The molecule has 8 nitrogen and oxygen atoms in total. The van der Waals surface area contributed by atoms with Crippen molar-refractivity contribution in [3.8, 4) is 0 Å². The Labute approximate surface area is 219 Å². The summed E-state index contributed by atoms with van der Waals surface area (Å²) in [5, 5.41) is 6.49. The van der Waals surface area contributed by atoms with Crippen molar-refractivity contribution in [2.75, 3.05) is 55.0 Å². The van der Waals surface area contributed by atoms with Crippen LogP contribution in [-0.4, -0.2) is 62.8 Å². The summed E-state index contributed by atoms with van der Waals surface area (Å²) in [5.74, 6) is 0.598. The van der Waals surface area contributed by atoms with E-state index in [1.54, 1.807) is 12.1 Å². The van der Waals surface area contributed by atoms with Crippen molar-refractivity contribution < 1.29 is 8.42 Å². The zero-order chi connectivity index (χ0) is 25.2. The summed E-state index contributed by atoms with van der Waals surface area (Å²) in [7, 11) is -1.34. The number of nitrogens with zero attached hydrogens (tertiary/aromatic N) is 4. The van der Waals surface area contributed by atoms with Crippen LogP contribution in [0, 0.1) is 0 Å². The fourth-order valence-electron chi connectivity index (χ4n) is 3.83. The second kappa shape index (κ2) is 10.5. The van der Waals surface area contributed by atoms with E-state index in [-0.39, 0.29) is 15.7 Å². The predicted octanol–water partition coefficient (Wildman–Crippen LogP) is 5.18. The van der Waals surface area contributed by atoms with Gasteiger partial charge in [-0.05, 0) is 49.0 Å². The van der Waals surface area contributed by atoms with Gasteiger partial charge in [-0.25, -0.2) is 13.4 Å². The minimum Gasteiger partial charge on any atom is -0.368 e. The van der Waals surface area contributed by atoms with Gasteiger partial charge >= 0.3 is 0 Å². The first-order chi connectivity index (χ1) is 16.6. The summed E-state index contributed by atoms with van der Waals surface area (Å²) in [5.41, 5.74) is 3.31. The first kappa shape index (κ1) is 25.4. The Hall–Kier alpha value is -2.66. The maximum absolute atomic E-state index is 12.2. The van der Waals surface area contributed by atoms with Crippen molar-refractivity contribution in [3.05, 3.63) is 64.2 Å². The lowest BCUT2D eigenvalue weighted by atomic mass is 10.1. The molecule has 0 amide bonds. The van der Waals surface area contributed by atoms with Gasteiger partial charge in [0.2, 0.25) is 5.95 Å². The number of rotatable bonds is 7. The van der Waals surface area contributed by atoms with Gasteiger partial charge in [-0.3, -0.25) is 0 Å². The van der Waals surface area contributed by atoms with E-state index in [1.165, 1.54) is 12.3 Å². The molecule has 2 N–H and O–H groups in total. The number of sulfone groups is 1. The van der Waals surface area contributed by atoms with Gasteiger partial charge in [-0.15, -0.1) is 0 Å². The Bertz CT molecular complexity index is 1360. The van der Waals surface area contributed by atoms with Gasteiger partial charge in [0.25, 0.3) is 0 Å². The van der Waals surface area contributed by atoms with Crippen molar-refractivity contribution in [1.29, 1.82) is 0 Å². The summed E-state index contributed by atoms with van der Waals surface area (Å²) < 4.78 is 25.2. The predicted molar refractivity (Wildman–Crippen MR) is 147 cm³/mol. The van der Waals surface area contributed by atoms with Gasteiger partial charge in [-0.2, -0.15) is 4.98 Å². The molecule has 35 heavy (non-hydrogen) atoms. The fourth-order valence-corrected chi connectivity index (χ4v) is 5.15. The Morgan fingerprint density at radius 1 is 1.11 bits per heavy atom. The highest BCUT2D eigenvalue weighted by molar-refractivity contribution is 9.10. The van der Waals surface area contributed by atoms with Crippen LogP contribution < -0.4 is 15.5 Å². The lowest BCUT2D eigenvalue weighted by molar-refractivity contribution is 0.313. The molecule has 1 saturated heterocycles. The van der Waals surface area contributed by atoms with E-state index in [0.29, 0.717) is 16.1 Å². The van der Waals surface area contributed by atoms with E-state index in [9.17, 15) is 8.42 Å². The van der Waals surface area contributed by atoms with Crippen molar-refractivity contribution in [3.63, 3.8) is 0 Å². The van der Waals surface area contributed by atoms with E-state index in [1.807, 2.05) is 18.2 Å². The van der Waals surface area contributed by atoms with Crippen LogP contribution in [0.3, 0.4) is 0 Å². The number of anilines is 5. The van der Waals surface area contributed by atoms with Crippen molar-refractivity contribution in [2.45, 2.75) is 4.90 Å². The number of piperazine rings is 1. The average Bonchev–Trinajstić information content (AvgIpc) is 2.81. The molecule has 0 aliphatic carbocycles. The highest BCUT2D eigenvalue weighted by Crippen LogP contribution is 2.32. The monoisotopic (exact) mass is 576 g/mol. The quantitative estimate of drug-likeness (QED) is 0.397. The summed E-state index contributed by atoms with van der Waals surface area (Å²) in [6.07, 6.45) is 4.46. The van der Waals surface area contributed by atoms with E-state index < -0.39 is 9.84 Å². The normalized spacial score (nSPS) is 14.6. The molecule has 1 aliphatic rings. The Morgan fingerprint density at radius 2 is 1.86 bits per heavy atom. The number of nitrogens with one attached hydrogen (secondary N) is 2. The van der Waals surface area contributed by atoms with Gasteiger partial charge in [0.1, 0.15) is 5.02 Å². The highest BCUT2D eigenvalue weighted by Gasteiger charge is 2.18. The maximum atomic E-state index is 12.2. The molecule has 2 aromatic carbocycles. The maximum Gasteiger partial charge on any atom is 0.229 e. The summed E-state index contributed by atoms with van der Waals surface area (Å²) in [6.45, 7) is 7.94. The Balaban J connectivity index is 1.58. The lowest BCUT2D eigenvalue weighted by Crippen LogP contribution is -2.44. The van der Waals surface area contributed by atoms with E-state index in [2.05, 4.69) is 66.0 Å². The third-order valence-corrected chi connectivity index (χ3v) is 7.61. The van der Waals surface area contributed by atoms with Crippen molar-refractivity contribution >= 4 is 72.3 Å². The molecule has 4 rings (SSSR count). The molecule has 0 radical (unpaired) electrons. The molecule has 1 aromatic heterocycles. The first-order valence-electron chi connectivity index (χ1n) is 10.9. The third-order valence-electron chi connectivity index (χ3n) is 5.69. The van der Waals surface area contributed by atoms with Crippen LogP contribution in [0.25, 0.3) is 6.08 Å². The molecular formula is C24H26BrClN6O2S. The number of hydrogen-bond donors (Lipinski definition) is 2. The van der Waals surface area contributed by atoms with Crippen molar-refractivity contribution in [2.24, 2.45) is 0 Å². The second-order valence-corrected chi connectivity index (χ2v) is 11.6. The number of likely N-dealkylation sites (N-methyl/N-ethyl adjacent to an activating group) is 1. The Morgan fingerprint density at radius 3 is 2.54 bits per heavy atom. The van der Waals surface area contributed by atoms with Gasteiger partial charge in [0.05, 0.1) is 16.8 Å². The zero-order valence-electron chi connectivity index (χ0n) is 19.4. The summed E-state index contributed by atoms with van der Waals surface area (Å²) in [6, 6.07) is 10.9. The lowest BCUT2D eigenvalue weighted by Gasteiger charge is -2.35. The van der Waals surface area contributed by atoms with Crippen LogP contribution in [0.5, 0.6) is 0 Å². The molecule has 0 unspecified atom stereocenters. The molecule has 0 saturated carbocycles. The van der Waals surface area contributed by atoms with E-state index in [4.69, 9.17) is 11.6 Å². The summed E-state index contributed by atoms with van der Waals surface area (Å²) >= 11 is 9.70. The molecule has 0 bridgehead atoms. The number of benzene rings is 2. The standard InChI is InChI=1S/C24H26BrClN6O2S/c1-4-16-13-18(6-7-21(16)32-11-9-31(2)10-12-32)28-24-27-15-19(26)23(30-24)29-20-14-17(25)5-8-22(20)35(3,33)34/h4-8,13-15H,1,9-12H2,2-3H3,(H2,27,28,29,30). The molecule has 1 aliphatic heterocycles. The largest absolute Gasteiger partial charge is 0.368 e. The topological polar surface area (TPSA) is 90.5 Å². The van der Waals surface area contributed by atoms with Crippen LogP contribution >= 0.6 is 27.5 Å². The van der Waals surface area contributed by atoms with E-state index in [0.717, 1.165) is 49.4 Å². The van der Waals surface area contributed by atoms with Gasteiger partial charge < -0.3 is 20.4 Å². The van der Waals surface area contributed by atoms with Gasteiger partial charge in [0, 0.05) is 48.3 Å². The molecule has 0 atom stereocenters. The minimum atomic E-state index is -3.47. The van der Waals surface area contributed by atoms with Crippen LogP contribution in [0.2, 0.25) is 5.02 Å². The average molecular weight is 578 g/mol. The van der Waals surface area contributed by atoms with Gasteiger partial charge in [0.15, 0.2) is 15.7 Å². The molecule has 2 heterocycles. The third kappa shape index (κ3) is 6.13. The zero-order valence-corrected chi connectivity index (χ0v) is 22.6.